The minimum absolute atomic E-state index is 0.0109. The largest absolute Gasteiger partial charge is 0.490 e. The van der Waals surface area contributed by atoms with Crippen molar-refractivity contribution in [2.45, 2.75) is 38.0 Å². The van der Waals surface area contributed by atoms with Crippen molar-refractivity contribution in [2.75, 3.05) is 13.1 Å². The Hall–Kier alpha value is -3.73. The smallest absolute Gasteiger partial charge is 0.475 e. The SMILES string of the molecule is O=C(O)C(F)(F)F.O=c1n(Cc2ccc(-c3nnc(C(F)F)o3)cn2)c2cc(F)c(Br)cc2n1C1CCNCC1. The van der Waals surface area contributed by atoms with E-state index in [2.05, 4.69) is 36.4 Å². The summed E-state index contributed by atoms with van der Waals surface area (Å²) in [5.74, 6) is -4.06. The molecule has 2 N–H and O–H groups in total. The van der Waals surface area contributed by atoms with Gasteiger partial charge >= 0.3 is 24.3 Å². The Morgan fingerprint density at radius 3 is 2.40 bits per heavy atom. The van der Waals surface area contributed by atoms with Gasteiger partial charge in [-0.3, -0.25) is 14.1 Å². The van der Waals surface area contributed by atoms with Gasteiger partial charge in [0.1, 0.15) is 5.82 Å². The van der Waals surface area contributed by atoms with Crippen LogP contribution in [0.25, 0.3) is 22.5 Å². The maximum Gasteiger partial charge on any atom is 0.490 e. The molecule has 1 saturated heterocycles. The molecule has 0 saturated carbocycles. The van der Waals surface area contributed by atoms with Gasteiger partial charge in [-0.05, 0) is 60.1 Å². The van der Waals surface area contributed by atoms with Crippen molar-refractivity contribution in [3.63, 3.8) is 0 Å². The number of carboxylic acids is 1. The third kappa shape index (κ3) is 6.35. The molecule has 5 rings (SSSR count). The van der Waals surface area contributed by atoms with E-state index < -0.39 is 30.3 Å². The van der Waals surface area contributed by atoms with Gasteiger partial charge in [0, 0.05) is 18.3 Å². The predicted molar refractivity (Wildman–Crippen MR) is 130 cm³/mol. The molecule has 0 spiro atoms. The number of rotatable bonds is 5. The Morgan fingerprint density at radius 2 is 1.85 bits per heavy atom. The van der Waals surface area contributed by atoms with Crippen LogP contribution in [0, 0.1) is 5.82 Å². The summed E-state index contributed by atoms with van der Waals surface area (Å²) in [4.78, 5) is 26.6. The van der Waals surface area contributed by atoms with E-state index in [-0.39, 0.29) is 24.2 Å². The molecule has 0 unspecified atom stereocenters. The first-order valence-corrected chi connectivity index (χ1v) is 12.3. The maximum absolute atomic E-state index is 14.4. The van der Waals surface area contributed by atoms with Crippen LogP contribution in [0.3, 0.4) is 0 Å². The van der Waals surface area contributed by atoms with Gasteiger partial charge < -0.3 is 14.8 Å². The first-order chi connectivity index (χ1) is 18.9. The van der Waals surface area contributed by atoms with Crippen molar-refractivity contribution in [2.24, 2.45) is 0 Å². The number of aliphatic carboxylic acids is 1. The highest BCUT2D eigenvalue weighted by atomic mass is 79.9. The fraction of sp³-hybridized carbons (Fsp3) is 0.348. The van der Waals surface area contributed by atoms with Crippen LogP contribution in [-0.4, -0.2) is 54.7 Å². The second kappa shape index (κ2) is 11.8. The molecule has 1 aliphatic heterocycles. The van der Waals surface area contributed by atoms with E-state index in [0.717, 1.165) is 25.9 Å². The van der Waals surface area contributed by atoms with Crippen LogP contribution in [0.5, 0.6) is 0 Å². The molecular formula is C23H19BrF6N6O4. The van der Waals surface area contributed by atoms with Gasteiger partial charge in [-0.1, -0.05) is 0 Å². The zero-order valence-electron chi connectivity index (χ0n) is 20.1. The van der Waals surface area contributed by atoms with E-state index in [1.54, 1.807) is 22.8 Å². The minimum Gasteiger partial charge on any atom is -0.475 e. The summed E-state index contributed by atoms with van der Waals surface area (Å²) in [6, 6.07) is 6.22. The van der Waals surface area contributed by atoms with Crippen LogP contribution in [-0.2, 0) is 11.3 Å². The van der Waals surface area contributed by atoms with Crippen molar-refractivity contribution >= 4 is 32.9 Å². The molecule has 4 heterocycles. The molecule has 0 amide bonds. The van der Waals surface area contributed by atoms with E-state index in [1.165, 1.54) is 16.8 Å². The summed E-state index contributed by atoms with van der Waals surface area (Å²) in [5, 5.41) is 17.3. The summed E-state index contributed by atoms with van der Waals surface area (Å²) in [5.41, 5.74) is 1.80. The topological polar surface area (TPSA) is 128 Å². The number of hydrogen-bond donors (Lipinski definition) is 2. The van der Waals surface area contributed by atoms with E-state index in [4.69, 9.17) is 14.3 Å². The van der Waals surface area contributed by atoms with Crippen LogP contribution < -0.4 is 11.0 Å². The second-order valence-electron chi connectivity index (χ2n) is 8.56. The number of alkyl halides is 5. The third-order valence-corrected chi connectivity index (χ3v) is 6.55. The van der Waals surface area contributed by atoms with Crippen molar-refractivity contribution in [1.82, 2.24) is 29.6 Å². The number of halogens is 7. The zero-order chi connectivity index (χ0) is 29.2. The Kier molecular flexibility index (Phi) is 8.62. The van der Waals surface area contributed by atoms with E-state index in [9.17, 15) is 31.1 Å². The molecule has 0 bridgehead atoms. The summed E-state index contributed by atoms with van der Waals surface area (Å²) >= 11 is 3.22. The van der Waals surface area contributed by atoms with Crippen LogP contribution >= 0.6 is 15.9 Å². The lowest BCUT2D eigenvalue weighted by Crippen LogP contribution is -2.35. The Bertz CT molecular complexity index is 1560. The molecule has 4 aromatic rings. The van der Waals surface area contributed by atoms with Gasteiger partial charge in [-0.25, -0.2) is 14.0 Å². The highest BCUT2D eigenvalue weighted by Crippen LogP contribution is 2.28. The van der Waals surface area contributed by atoms with Crippen LogP contribution in [0.1, 0.15) is 36.9 Å². The number of fused-ring (bicyclic) bond motifs is 1. The van der Waals surface area contributed by atoms with Gasteiger partial charge in [-0.2, -0.15) is 22.0 Å². The summed E-state index contributed by atoms with van der Waals surface area (Å²) in [7, 11) is 0. The van der Waals surface area contributed by atoms with E-state index in [1.807, 2.05) is 0 Å². The van der Waals surface area contributed by atoms with E-state index >= 15 is 0 Å². The summed E-state index contributed by atoms with van der Waals surface area (Å²) in [6.07, 6.45) is -4.94. The zero-order valence-corrected chi connectivity index (χ0v) is 21.7. The molecule has 0 atom stereocenters. The molecule has 1 fully saturated rings. The quantitative estimate of drug-likeness (QED) is 0.302. The standard InChI is InChI=1S/C21H18BrF3N6O2.C2HF3O2/c22-14-7-17-16(8-15(14)23)30(21(32)31(17)13-3-5-26-6-4-13)10-12-2-1-11(9-27-12)19-28-29-20(33-19)18(24)25;3-2(4,5)1(6)7/h1-2,7-9,13,18,26H,3-6,10H2;(H,6,7). The number of nitrogens with one attached hydrogen (secondary N) is 1. The third-order valence-electron chi connectivity index (χ3n) is 5.94. The van der Waals surface area contributed by atoms with Crippen LogP contribution in [0.15, 0.2) is 44.1 Å². The number of aromatic nitrogens is 5. The molecule has 10 nitrogen and oxygen atoms in total. The summed E-state index contributed by atoms with van der Waals surface area (Å²) in [6.45, 7) is 1.72. The van der Waals surface area contributed by atoms with Crippen LogP contribution in [0.2, 0.25) is 0 Å². The van der Waals surface area contributed by atoms with Crippen LogP contribution in [0.4, 0.5) is 26.3 Å². The number of carboxylic acid groups (broad SMARTS) is 1. The van der Waals surface area contributed by atoms with Gasteiger partial charge in [0.2, 0.25) is 5.89 Å². The van der Waals surface area contributed by atoms with Crippen molar-refractivity contribution in [3.05, 3.63) is 62.8 Å². The van der Waals surface area contributed by atoms with Gasteiger partial charge in [0.05, 0.1) is 33.3 Å². The monoisotopic (exact) mass is 636 g/mol. The summed E-state index contributed by atoms with van der Waals surface area (Å²) < 4.78 is 79.9. The van der Waals surface area contributed by atoms with Crippen molar-refractivity contribution in [1.29, 1.82) is 0 Å². The highest BCUT2D eigenvalue weighted by molar-refractivity contribution is 9.10. The molecular weight excluding hydrogens is 618 g/mol. The van der Waals surface area contributed by atoms with E-state index in [0.29, 0.717) is 26.8 Å². The van der Waals surface area contributed by atoms with Gasteiger partial charge in [-0.15, -0.1) is 10.2 Å². The normalized spacial score (nSPS) is 14.4. The predicted octanol–water partition coefficient (Wildman–Crippen LogP) is 4.69. The minimum atomic E-state index is -5.08. The molecule has 1 aliphatic rings. The molecule has 40 heavy (non-hydrogen) atoms. The lowest BCUT2D eigenvalue weighted by Gasteiger charge is -2.23. The number of piperidine rings is 1. The molecule has 214 valence electrons. The van der Waals surface area contributed by atoms with Crippen molar-refractivity contribution < 1.29 is 40.7 Å². The number of imidazole rings is 1. The average molecular weight is 637 g/mol. The van der Waals surface area contributed by atoms with Gasteiger partial charge in [0.15, 0.2) is 0 Å². The number of carbonyl (C=O) groups is 1. The number of hydrogen-bond acceptors (Lipinski definition) is 7. The van der Waals surface area contributed by atoms with Crippen molar-refractivity contribution in [3.8, 4) is 11.5 Å². The Balaban J connectivity index is 0.000000470. The highest BCUT2D eigenvalue weighted by Gasteiger charge is 2.38. The number of benzene rings is 1. The first kappa shape index (κ1) is 29.3. The molecule has 0 aliphatic carbocycles. The molecule has 17 heteroatoms. The second-order valence-corrected chi connectivity index (χ2v) is 9.42. The van der Waals surface area contributed by atoms with Gasteiger partial charge in [0.25, 0.3) is 5.89 Å². The molecule has 0 radical (unpaired) electrons. The maximum atomic E-state index is 14.4. The molecule has 1 aromatic carbocycles. The molecule has 3 aromatic heterocycles. The lowest BCUT2D eigenvalue weighted by atomic mass is 10.1. The Labute approximate surface area is 228 Å². The number of nitrogens with zero attached hydrogens (tertiary/aromatic N) is 5. The first-order valence-electron chi connectivity index (χ1n) is 11.5. The Morgan fingerprint density at radius 1 is 1.18 bits per heavy atom. The lowest BCUT2D eigenvalue weighted by molar-refractivity contribution is -0.192. The fourth-order valence-corrected chi connectivity index (χ4v) is 4.42. The fourth-order valence-electron chi connectivity index (χ4n) is 4.09. The number of pyridine rings is 1. The average Bonchev–Trinajstić information content (AvgIpc) is 3.50.